The number of fused-ring (bicyclic) bond motifs is 1. The molecule has 6 heteroatoms. The molecule has 0 radical (unpaired) electrons. The summed E-state index contributed by atoms with van der Waals surface area (Å²) in [5.74, 6) is 1.77. The molecule has 1 saturated heterocycles. The number of hydrogen-bond acceptors (Lipinski definition) is 5. The van der Waals surface area contributed by atoms with Gasteiger partial charge < -0.3 is 15.2 Å². The third-order valence-corrected chi connectivity index (χ3v) is 3.61. The van der Waals surface area contributed by atoms with E-state index in [-0.39, 0.29) is 0 Å². The largest absolute Gasteiger partial charge is 0.355 e. The Morgan fingerprint density at radius 2 is 2.17 bits per heavy atom. The molecule has 18 heavy (non-hydrogen) atoms. The third-order valence-electron chi connectivity index (χ3n) is 3.61. The first-order chi connectivity index (χ1) is 8.88. The molecule has 1 fully saturated rings. The Labute approximate surface area is 106 Å². The van der Waals surface area contributed by atoms with Crippen molar-refractivity contribution in [2.24, 2.45) is 5.92 Å². The molecule has 0 saturated carbocycles. The molecule has 0 spiro atoms. The van der Waals surface area contributed by atoms with E-state index in [4.69, 9.17) is 0 Å². The Morgan fingerprint density at radius 3 is 2.94 bits per heavy atom. The van der Waals surface area contributed by atoms with E-state index < -0.39 is 0 Å². The lowest BCUT2D eigenvalue weighted by Gasteiger charge is -2.32. The molecule has 1 aliphatic rings. The second-order valence-corrected chi connectivity index (χ2v) is 4.79. The number of aromatic amines is 1. The minimum Gasteiger partial charge on any atom is -0.355 e. The van der Waals surface area contributed by atoms with Crippen LogP contribution < -0.4 is 10.2 Å². The van der Waals surface area contributed by atoms with E-state index in [1.54, 1.807) is 12.7 Å². The van der Waals surface area contributed by atoms with Crippen LogP contribution >= 0.6 is 0 Å². The summed E-state index contributed by atoms with van der Waals surface area (Å²) in [5, 5.41) is 3.26. The van der Waals surface area contributed by atoms with Crippen LogP contribution in [0.25, 0.3) is 11.2 Å². The minimum absolute atomic E-state index is 0.748. The first-order valence-corrected chi connectivity index (χ1v) is 6.42. The van der Waals surface area contributed by atoms with Gasteiger partial charge in [-0.15, -0.1) is 0 Å². The highest BCUT2D eigenvalue weighted by molar-refractivity contribution is 5.82. The zero-order valence-electron chi connectivity index (χ0n) is 10.6. The number of hydrogen-bond donors (Lipinski definition) is 2. The van der Waals surface area contributed by atoms with Gasteiger partial charge in [0.15, 0.2) is 11.5 Å². The summed E-state index contributed by atoms with van der Waals surface area (Å²) in [7, 11) is 2.02. The van der Waals surface area contributed by atoms with E-state index in [9.17, 15) is 0 Å². The predicted molar refractivity (Wildman–Crippen MR) is 70.5 cm³/mol. The molecule has 2 aromatic heterocycles. The molecule has 2 N–H and O–H groups in total. The van der Waals surface area contributed by atoms with Gasteiger partial charge in [0.25, 0.3) is 0 Å². The first kappa shape index (κ1) is 11.4. The minimum atomic E-state index is 0.748. The molecule has 0 bridgehead atoms. The van der Waals surface area contributed by atoms with Crippen LogP contribution in [0.2, 0.25) is 0 Å². The highest BCUT2D eigenvalue weighted by Crippen LogP contribution is 2.25. The number of piperidine rings is 1. The van der Waals surface area contributed by atoms with Crippen LogP contribution in [0.3, 0.4) is 0 Å². The monoisotopic (exact) mass is 246 g/mol. The Balaban J connectivity index is 1.78. The molecule has 6 nitrogen and oxygen atoms in total. The average molecular weight is 246 g/mol. The van der Waals surface area contributed by atoms with Crippen LogP contribution in [0.4, 0.5) is 5.82 Å². The topological polar surface area (TPSA) is 69.7 Å². The van der Waals surface area contributed by atoms with Crippen molar-refractivity contribution in [2.75, 3.05) is 31.6 Å². The van der Waals surface area contributed by atoms with Gasteiger partial charge in [-0.05, 0) is 32.4 Å². The van der Waals surface area contributed by atoms with E-state index in [0.29, 0.717) is 0 Å². The van der Waals surface area contributed by atoms with Gasteiger partial charge in [0.2, 0.25) is 0 Å². The summed E-state index contributed by atoms with van der Waals surface area (Å²) >= 11 is 0. The highest BCUT2D eigenvalue weighted by Gasteiger charge is 2.21. The summed E-state index contributed by atoms with van der Waals surface area (Å²) in [6.07, 6.45) is 5.69. The quantitative estimate of drug-likeness (QED) is 0.838. The smallest absolute Gasteiger partial charge is 0.182 e. The number of H-pyrrole nitrogens is 1. The van der Waals surface area contributed by atoms with Crippen molar-refractivity contribution in [3.05, 3.63) is 12.7 Å². The third kappa shape index (κ3) is 2.03. The maximum Gasteiger partial charge on any atom is 0.182 e. The molecular formula is C12H18N6. The Hall–Kier alpha value is -1.69. The van der Waals surface area contributed by atoms with Gasteiger partial charge in [0, 0.05) is 13.1 Å². The number of nitrogens with one attached hydrogen (secondary N) is 2. The fourth-order valence-electron chi connectivity index (χ4n) is 2.63. The average Bonchev–Trinajstić information content (AvgIpc) is 2.88. The maximum atomic E-state index is 4.40. The number of imidazole rings is 1. The van der Waals surface area contributed by atoms with Crippen molar-refractivity contribution in [3.8, 4) is 0 Å². The van der Waals surface area contributed by atoms with Crippen molar-refractivity contribution in [2.45, 2.75) is 12.8 Å². The lowest BCUT2D eigenvalue weighted by Crippen LogP contribution is -2.37. The molecule has 1 aliphatic heterocycles. The zero-order chi connectivity index (χ0) is 12.4. The van der Waals surface area contributed by atoms with Crippen LogP contribution in [0, 0.1) is 5.92 Å². The second-order valence-electron chi connectivity index (χ2n) is 4.79. The van der Waals surface area contributed by atoms with Gasteiger partial charge in [0.05, 0.1) is 6.33 Å². The lowest BCUT2D eigenvalue weighted by atomic mass is 9.97. The Kier molecular flexibility index (Phi) is 3.10. The van der Waals surface area contributed by atoms with E-state index >= 15 is 0 Å². The van der Waals surface area contributed by atoms with Crippen molar-refractivity contribution >= 4 is 17.0 Å². The van der Waals surface area contributed by atoms with Gasteiger partial charge in [0.1, 0.15) is 11.8 Å². The molecule has 0 amide bonds. The van der Waals surface area contributed by atoms with Crippen LogP contribution in [-0.4, -0.2) is 46.6 Å². The molecule has 3 rings (SSSR count). The molecule has 2 aromatic rings. The predicted octanol–water partition coefficient (Wildman–Crippen LogP) is 0.789. The number of aromatic nitrogens is 4. The fourth-order valence-corrected chi connectivity index (χ4v) is 2.63. The molecule has 0 aromatic carbocycles. The SMILES string of the molecule is CNCC1CCN(c2ncnc3nc[nH]c23)CC1. The molecular weight excluding hydrogens is 228 g/mol. The molecule has 96 valence electrons. The Morgan fingerprint density at radius 1 is 1.33 bits per heavy atom. The molecule has 0 atom stereocenters. The van der Waals surface area contributed by atoms with E-state index in [1.165, 1.54) is 12.8 Å². The normalized spacial score (nSPS) is 17.5. The number of nitrogens with zero attached hydrogens (tertiary/aromatic N) is 4. The molecule has 0 aliphatic carbocycles. The highest BCUT2D eigenvalue weighted by atomic mass is 15.2. The van der Waals surface area contributed by atoms with E-state index in [2.05, 4.69) is 30.2 Å². The van der Waals surface area contributed by atoms with Crippen LogP contribution in [-0.2, 0) is 0 Å². The van der Waals surface area contributed by atoms with E-state index in [1.807, 2.05) is 7.05 Å². The summed E-state index contributed by atoms with van der Waals surface area (Å²) in [6, 6.07) is 0. The van der Waals surface area contributed by atoms with Crippen LogP contribution in [0.5, 0.6) is 0 Å². The van der Waals surface area contributed by atoms with Gasteiger partial charge in [-0.1, -0.05) is 0 Å². The fraction of sp³-hybridized carbons (Fsp3) is 0.583. The van der Waals surface area contributed by atoms with E-state index in [0.717, 1.165) is 42.5 Å². The Bertz CT molecular complexity index is 514. The standard InChI is InChI=1S/C12H18N6/c1-13-6-9-2-4-18(5-3-9)12-10-11(15-7-14-10)16-8-17-12/h7-9,13H,2-6H2,1H3,(H,14,15,16,17). The molecule has 3 heterocycles. The maximum absolute atomic E-state index is 4.40. The molecule has 0 unspecified atom stereocenters. The number of anilines is 1. The van der Waals surface area contributed by atoms with Crippen molar-refractivity contribution < 1.29 is 0 Å². The van der Waals surface area contributed by atoms with Crippen molar-refractivity contribution in [3.63, 3.8) is 0 Å². The van der Waals surface area contributed by atoms with Crippen LogP contribution in [0.15, 0.2) is 12.7 Å². The number of rotatable bonds is 3. The van der Waals surface area contributed by atoms with Gasteiger partial charge in [-0.2, -0.15) is 0 Å². The van der Waals surface area contributed by atoms with Crippen molar-refractivity contribution in [1.29, 1.82) is 0 Å². The van der Waals surface area contributed by atoms with Gasteiger partial charge >= 0.3 is 0 Å². The summed E-state index contributed by atoms with van der Waals surface area (Å²) in [6.45, 7) is 3.21. The summed E-state index contributed by atoms with van der Waals surface area (Å²) < 4.78 is 0. The van der Waals surface area contributed by atoms with Crippen molar-refractivity contribution in [1.82, 2.24) is 25.3 Å². The van der Waals surface area contributed by atoms with Gasteiger partial charge in [-0.25, -0.2) is 15.0 Å². The van der Waals surface area contributed by atoms with Gasteiger partial charge in [-0.3, -0.25) is 0 Å². The lowest BCUT2D eigenvalue weighted by molar-refractivity contribution is 0.392. The zero-order valence-corrected chi connectivity index (χ0v) is 10.6. The van der Waals surface area contributed by atoms with Crippen LogP contribution in [0.1, 0.15) is 12.8 Å². The summed E-state index contributed by atoms with van der Waals surface area (Å²) in [4.78, 5) is 18.2. The summed E-state index contributed by atoms with van der Waals surface area (Å²) in [5.41, 5.74) is 1.70. The first-order valence-electron chi connectivity index (χ1n) is 6.42. The second kappa shape index (κ2) is 4.89.